The Morgan fingerprint density at radius 2 is 1.31 bits per heavy atom. The number of nitrogens with zero attached hydrogens (tertiary/aromatic N) is 5. The second-order valence-corrected chi connectivity index (χ2v) is 8.24. The zero-order valence-electron chi connectivity index (χ0n) is 19.6. The van der Waals surface area contributed by atoms with Crippen molar-refractivity contribution in [1.82, 2.24) is 19.1 Å². The fraction of sp³-hybridized carbons (Fsp3) is 0.111. The Labute approximate surface area is 201 Å². The van der Waals surface area contributed by atoms with Crippen LogP contribution in [0.3, 0.4) is 0 Å². The van der Waals surface area contributed by atoms with Crippen molar-refractivity contribution in [1.29, 1.82) is 0 Å². The molecule has 174 valence electrons. The number of rotatable bonds is 5. The fourth-order valence-corrected chi connectivity index (χ4v) is 4.12. The number of nitrogens with one attached hydrogen (secondary N) is 1. The Morgan fingerprint density at radius 3 is 1.94 bits per heavy atom. The van der Waals surface area contributed by atoms with E-state index in [4.69, 9.17) is 0 Å². The molecule has 5 aromatic rings. The number of aromatic nitrogens is 4. The summed E-state index contributed by atoms with van der Waals surface area (Å²) in [5, 5.41) is 11.5. The zero-order valence-corrected chi connectivity index (χ0v) is 19.6. The van der Waals surface area contributed by atoms with Crippen molar-refractivity contribution < 1.29 is 0 Å². The lowest BCUT2D eigenvalue weighted by Gasteiger charge is -2.07. The van der Waals surface area contributed by atoms with Gasteiger partial charge in [-0.2, -0.15) is 5.11 Å². The third kappa shape index (κ3) is 3.95. The monoisotopic (exact) mass is 464 g/mol. The quantitative estimate of drug-likeness (QED) is 0.355. The highest BCUT2D eigenvalue weighted by molar-refractivity contribution is 5.67. The molecule has 0 atom stereocenters. The maximum absolute atomic E-state index is 13.3. The fourth-order valence-electron chi connectivity index (χ4n) is 4.12. The third-order valence-corrected chi connectivity index (χ3v) is 6.03. The largest absolute Gasteiger partial charge is 0.299 e. The van der Waals surface area contributed by atoms with E-state index in [1.165, 1.54) is 4.68 Å². The Balaban J connectivity index is 1.45. The van der Waals surface area contributed by atoms with Gasteiger partial charge in [-0.25, -0.2) is 9.36 Å². The van der Waals surface area contributed by atoms with Crippen LogP contribution in [0.1, 0.15) is 11.4 Å². The van der Waals surface area contributed by atoms with Crippen molar-refractivity contribution in [3.8, 4) is 22.5 Å². The van der Waals surface area contributed by atoms with Crippen LogP contribution >= 0.6 is 0 Å². The van der Waals surface area contributed by atoms with Gasteiger partial charge in [0.2, 0.25) is 0 Å². The lowest BCUT2D eigenvalue weighted by molar-refractivity contribution is 0.630. The molecule has 0 unspecified atom stereocenters. The lowest BCUT2D eigenvalue weighted by Crippen LogP contribution is -2.20. The van der Waals surface area contributed by atoms with Gasteiger partial charge in [0.25, 0.3) is 11.1 Å². The van der Waals surface area contributed by atoms with Crippen LogP contribution in [0.4, 0.5) is 11.4 Å². The van der Waals surface area contributed by atoms with Gasteiger partial charge in [-0.1, -0.05) is 48.5 Å². The van der Waals surface area contributed by atoms with Gasteiger partial charge in [0.15, 0.2) is 5.69 Å². The summed E-state index contributed by atoms with van der Waals surface area (Å²) in [6.07, 6.45) is 0. The highest BCUT2D eigenvalue weighted by Gasteiger charge is 2.17. The predicted octanol–water partition coefficient (Wildman–Crippen LogP) is 5.35. The Hall–Kier alpha value is -4.72. The van der Waals surface area contributed by atoms with E-state index >= 15 is 0 Å². The summed E-state index contributed by atoms with van der Waals surface area (Å²) >= 11 is 0. The molecule has 35 heavy (non-hydrogen) atoms. The molecule has 1 N–H and O–H groups in total. The first-order valence-corrected chi connectivity index (χ1v) is 11.2. The molecule has 8 nitrogen and oxygen atoms in total. The van der Waals surface area contributed by atoms with Gasteiger partial charge >= 0.3 is 0 Å². The number of azo groups is 1. The Bertz CT molecular complexity index is 1640. The molecule has 0 aliphatic carbocycles. The molecule has 0 amide bonds. The number of hydrogen-bond donors (Lipinski definition) is 1. The first-order chi connectivity index (χ1) is 17.0. The smallest absolute Gasteiger partial charge is 0.293 e. The standard InChI is InChI=1S/C27H24N6O2/c1-18-25(27(35)32(30-18)22-10-6-4-7-11-22)29-28-21-16-14-20(15-17-21)24-19(2)31(3)33(26(24)34)23-12-8-5-9-13-23/h4-17,30H,1-3H3. The molecule has 0 spiro atoms. The highest BCUT2D eigenvalue weighted by Crippen LogP contribution is 2.25. The van der Waals surface area contributed by atoms with E-state index < -0.39 is 0 Å². The maximum Gasteiger partial charge on any atom is 0.299 e. The minimum absolute atomic E-state index is 0.0880. The summed E-state index contributed by atoms with van der Waals surface area (Å²) in [4.78, 5) is 26.1. The van der Waals surface area contributed by atoms with Gasteiger partial charge in [0.1, 0.15) is 0 Å². The minimum atomic E-state index is -0.268. The molecule has 0 bridgehead atoms. The predicted molar refractivity (Wildman–Crippen MR) is 136 cm³/mol. The van der Waals surface area contributed by atoms with E-state index in [0.29, 0.717) is 16.9 Å². The summed E-state index contributed by atoms with van der Waals surface area (Å²) in [7, 11) is 1.87. The first-order valence-electron chi connectivity index (χ1n) is 11.2. The Morgan fingerprint density at radius 1 is 0.714 bits per heavy atom. The number of H-pyrrole nitrogens is 1. The molecule has 3 aromatic carbocycles. The zero-order chi connectivity index (χ0) is 24.5. The van der Waals surface area contributed by atoms with Crippen LogP contribution < -0.4 is 11.1 Å². The molecule has 0 saturated carbocycles. The van der Waals surface area contributed by atoms with Crippen molar-refractivity contribution in [2.45, 2.75) is 13.8 Å². The molecule has 0 aliphatic rings. The van der Waals surface area contributed by atoms with Gasteiger partial charge in [-0.3, -0.25) is 19.4 Å². The summed E-state index contributed by atoms with van der Waals surface area (Å²) in [6.45, 7) is 3.71. The van der Waals surface area contributed by atoms with Gasteiger partial charge in [0.05, 0.1) is 28.3 Å². The van der Waals surface area contributed by atoms with Gasteiger partial charge in [-0.15, -0.1) is 5.11 Å². The first kappa shape index (κ1) is 22.1. The Kier molecular flexibility index (Phi) is 5.62. The lowest BCUT2D eigenvalue weighted by atomic mass is 10.1. The molecule has 8 heteroatoms. The topological polar surface area (TPSA) is 89.4 Å². The summed E-state index contributed by atoms with van der Waals surface area (Å²) in [5.74, 6) is 0. The average Bonchev–Trinajstić information content (AvgIpc) is 3.29. The molecular formula is C27H24N6O2. The van der Waals surface area contributed by atoms with Crippen LogP contribution in [0, 0.1) is 13.8 Å². The van der Waals surface area contributed by atoms with E-state index in [1.54, 1.807) is 23.7 Å². The molecule has 2 heterocycles. The van der Waals surface area contributed by atoms with Crippen LogP contribution in [0.2, 0.25) is 0 Å². The SMILES string of the molecule is Cc1[nH]n(-c2ccccc2)c(=O)c1N=Nc1ccc(-c2c(C)n(C)n(-c3ccccc3)c2=O)cc1. The molecule has 2 aromatic heterocycles. The highest BCUT2D eigenvalue weighted by atomic mass is 16.1. The number of aromatic amines is 1. The minimum Gasteiger partial charge on any atom is -0.293 e. The number of benzene rings is 3. The number of hydrogen-bond acceptors (Lipinski definition) is 4. The molecule has 0 radical (unpaired) electrons. The van der Waals surface area contributed by atoms with Crippen molar-refractivity contribution in [2.24, 2.45) is 17.3 Å². The number of para-hydroxylation sites is 2. The van der Waals surface area contributed by atoms with Crippen LogP contribution in [0.25, 0.3) is 22.5 Å². The molecular weight excluding hydrogens is 440 g/mol. The van der Waals surface area contributed by atoms with E-state index in [2.05, 4.69) is 15.3 Å². The average molecular weight is 465 g/mol. The molecule has 0 saturated heterocycles. The summed E-state index contributed by atoms with van der Waals surface area (Å²) in [5.41, 5.74) is 4.92. The van der Waals surface area contributed by atoms with Crippen molar-refractivity contribution in [2.75, 3.05) is 0 Å². The van der Waals surface area contributed by atoms with Crippen LogP contribution in [0.15, 0.2) is 105 Å². The van der Waals surface area contributed by atoms with Crippen molar-refractivity contribution in [3.63, 3.8) is 0 Å². The molecule has 5 rings (SSSR count). The summed E-state index contributed by atoms with van der Waals surface area (Å²) < 4.78 is 4.96. The van der Waals surface area contributed by atoms with Crippen molar-refractivity contribution >= 4 is 11.4 Å². The van der Waals surface area contributed by atoms with Crippen molar-refractivity contribution in [3.05, 3.63) is 117 Å². The van der Waals surface area contributed by atoms with Crippen LogP contribution in [-0.2, 0) is 7.05 Å². The van der Waals surface area contributed by atoms with E-state index in [1.807, 2.05) is 91.4 Å². The number of aryl methyl sites for hydroxylation is 1. The van der Waals surface area contributed by atoms with Crippen LogP contribution in [-0.4, -0.2) is 19.1 Å². The van der Waals surface area contributed by atoms with Crippen LogP contribution in [0.5, 0.6) is 0 Å². The van der Waals surface area contributed by atoms with Gasteiger partial charge in [-0.05, 0) is 55.8 Å². The third-order valence-electron chi connectivity index (χ3n) is 6.03. The van der Waals surface area contributed by atoms with Gasteiger partial charge < -0.3 is 0 Å². The van der Waals surface area contributed by atoms with E-state index in [0.717, 1.165) is 22.6 Å². The molecule has 0 fully saturated rings. The normalized spacial score (nSPS) is 11.4. The maximum atomic E-state index is 13.3. The second kappa shape index (κ2) is 8.90. The van der Waals surface area contributed by atoms with E-state index in [9.17, 15) is 9.59 Å². The molecule has 0 aliphatic heterocycles. The summed E-state index contributed by atoms with van der Waals surface area (Å²) in [6, 6.07) is 26.1. The van der Waals surface area contributed by atoms with E-state index in [-0.39, 0.29) is 16.8 Å². The second-order valence-electron chi connectivity index (χ2n) is 8.24. The van der Waals surface area contributed by atoms with Gasteiger partial charge in [0, 0.05) is 12.7 Å².